The van der Waals surface area contributed by atoms with Gasteiger partial charge in [0, 0.05) is 19.6 Å². The molecule has 0 saturated heterocycles. The number of phosphoric ester groups is 1. The lowest BCUT2D eigenvalue weighted by Crippen LogP contribution is -2.28. The lowest BCUT2D eigenvalue weighted by molar-refractivity contribution is -0.154. The zero-order valence-electron chi connectivity index (χ0n) is 26.7. The summed E-state index contributed by atoms with van der Waals surface area (Å²) in [6, 6.07) is 0. The molecule has 3 N–H and O–H groups in total. The summed E-state index contributed by atoms with van der Waals surface area (Å²) >= 11 is 0. The highest BCUT2D eigenvalue weighted by Gasteiger charge is 2.25. The second-order valence-electron chi connectivity index (χ2n) is 10.6. The van der Waals surface area contributed by atoms with Crippen LogP contribution >= 0.6 is 7.82 Å². The molecule has 0 aromatic carbocycles. The minimum atomic E-state index is -4.27. The minimum absolute atomic E-state index is 0.0962. The van der Waals surface area contributed by atoms with Crippen LogP contribution in [0.1, 0.15) is 129 Å². The van der Waals surface area contributed by atoms with Gasteiger partial charge in [-0.2, -0.15) is 0 Å². The van der Waals surface area contributed by atoms with Gasteiger partial charge in [-0.1, -0.05) is 115 Å². The molecule has 0 radical (unpaired) electrons. The molecule has 0 heterocycles. The molecule has 0 aliphatic heterocycles. The fourth-order valence-corrected chi connectivity index (χ4v) is 4.95. The van der Waals surface area contributed by atoms with Crippen LogP contribution in [0.25, 0.3) is 0 Å². The van der Waals surface area contributed by atoms with Crippen molar-refractivity contribution in [3.63, 3.8) is 0 Å². The van der Waals surface area contributed by atoms with Gasteiger partial charge >= 0.3 is 13.8 Å². The number of rotatable bonds is 31. The van der Waals surface area contributed by atoms with E-state index in [2.05, 4.69) is 50.3 Å². The largest absolute Gasteiger partial charge is 0.472 e. The van der Waals surface area contributed by atoms with Crippen molar-refractivity contribution in [1.82, 2.24) is 0 Å². The van der Waals surface area contributed by atoms with Crippen LogP contribution in [0.5, 0.6) is 0 Å². The molecule has 0 amide bonds. The molecule has 0 aliphatic rings. The van der Waals surface area contributed by atoms with Gasteiger partial charge < -0.3 is 20.1 Å². The number of carbonyl (C=O) groups excluding carboxylic acids is 1. The number of allylic oxidation sites excluding steroid dienone is 6. The Bertz CT molecular complexity index is 742. The van der Waals surface area contributed by atoms with E-state index in [1.807, 2.05) is 0 Å². The van der Waals surface area contributed by atoms with Crippen molar-refractivity contribution in [2.75, 3.05) is 33.0 Å². The molecule has 8 nitrogen and oxygen atoms in total. The number of esters is 1. The van der Waals surface area contributed by atoms with E-state index in [1.54, 1.807) is 0 Å². The van der Waals surface area contributed by atoms with E-state index in [1.165, 1.54) is 38.5 Å². The minimum Gasteiger partial charge on any atom is -0.457 e. The number of nitrogens with two attached hydrogens (primary N) is 1. The van der Waals surface area contributed by atoms with Gasteiger partial charge in [0.05, 0.1) is 19.8 Å². The summed E-state index contributed by atoms with van der Waals surface area (Å²) < 4.78 is 33.1. The van der Waals surface area contributed by atoms with E-state index in [0.717, 1.165) is 70.6 Å². The fourth-order valence-electron chi connectivity index (χ4n) is 4.18. The molecule has 0 rings (SSSR count). The highest BCUT2D eigenvalue weighted by Crippen LogP contribution is 2.43. The maximum atomic E-state index is 12.4. The standard InChI is InChI=1S/C33H62NO7P/c1-3-5-7-9-11-13-14-15-16-17-19-21-23-25-28-38-30-32(31-40-42(36,37)39-29-27-34)41-33(35)26-24-22-20-18-12-10-8-6-4-2/h5,7,11,13,15-16,32H,3-4,6,8-10,12,14,17-31,34H2,1-2H3,(H,36,37)/b7-5-,13-11-,16-15-. The zero-order chi connectivity index (χ0) is 31.0. The highest BCUT2D eigenvalue weighted by molar-refractivity contribution is 7.47. The number of hydrogen-bond donors (Lipinski definition) is 2. The number of carbonyl (C=O) groups is 1. The molecule has 0 bridgehead atoms. The van der Waals surface area contributed by atoms with Crippen molar-refractivity contribution >= 4 is 13.8 Å². The van der Waals surface area contributed by atoms with Gasteiger partial charge in [-0.3, -0.25) is 13.8 Å². The predicted octanol–water partition coefficient (Wildman–Crippen LogP) is 8.74. The van der Waals surface area contributed by atoms with E-state index in [9.17, 15) is 14.3 Å². The smallest absolute Gasteiger partial charge is 0.457 e. The zero-order valence-corrected chi connectivity index (χ0v) is 27.6. The van der Waals surface area contributed by atoms with Crippen LogP contribution in [0.3, 0.4) is 0 Å². The van der Waals surface area contributed by atoms with Crippen molar-refractivity contribution in [3.05, 3.63) is 36.5 Å². The van der Waals surface area contributed by atoms with Crippen LogP contribution in [0.4, 0.5) is 0 Å². The van der Waals surface area contributed by atoms with Gasteiger partial charge in [0.1, 0.15) is 6.10 Å². The Balaban J connectivity index is 4.18. The van der Waals surface area contributed by atoms with Crippen LogP contribution < -0.4 is 5.73 Å². The molecule has 0 saturated carbocycles. The first-order valence-electron chi connectivity index (χ1n) is 16.5. The molecule has 2 unspecified atom stereocenters. The van der Waals surface area contributed by atoms with Crippen LogP contribution in [-0.4, -0.2) is 49.9 Å². The molecule has 246 valence electrons. The lowest BCUT2D eigenvalue weighted by atomic mass is 10.1. The summed E-state index contributed by atoms with van der Waals surface area (Å²) in [4.78, 5) is 22.2. The average molecular weight is 616 g/mol. The fraction of sp³-hybridized carbons (Fsp3) is 0.788. The Labute approximate surface area is 257 Å². The quantitative estimate of drug-likeness (QED) is 0.0344. The number of phosphoric acid groups is 1. The van der Waals surface area contributed by atoms with E-state index < -0.39 is 13.9 Å². The first kappa shape index (κ1) is 40.7. The normalized spacial score (nSPS) is 14.3. The molecule has 42 heavy (non-hydrogen) atoms. The third kappa shape index (κ3) is 30.2. The molecule has 0 aliphatic carbocycles. The molecule has 0 aromatic heterocycles. The Kier molecular flexibility index (Phi) is 30.2. The molecule has 2 atom stereocenters. The topological polar surface area (TPSA) is 117 Å². The Morgan fingerprint density at radius 2 is 1.33 bits per heavy atom. The van der Waals surface area contributed by atoms with Gasteiger partial charge in [-0.05, 0) is 44.9 Å². The number of ether oxygens (including phenoxy) is 2. The SMILES string of the molecule is CC/C=C\C/C=C\C/C=C\CCCCCCOCC(COP(=O)(O)OCCN)OC(=O)CCCCCCCCCCC. The third-order valence-electron chi connectivity index (χ3n) is 6.57. The lowest BCUT2D eigenvalue weighted by Gasteiger charge is -2.20. The summed E-state index contributed by atoms with van der Waals surface area (Å²) in [6.07, 6.45) is 31.6. The van der Waals surface area contributed by atoms with Crippen LogP contribution in [-0.2, 0) is 27.9 Å². The first-order valence-corrected chi connectivity index (χ1v) is 18.0. The van der Waals surface area contributed by atoms with Crippen molar-refractivity contribution in [1.29, 1.82) is 0 Å². The second kappa shape index (κ2) is 31.2. The maximum Gasteiger partial charge on any atom is 0.472 e. The van der Waals surface area contributed by atoms with Gasteiger partial charge in [-0.25, -0.2) is 4.57 Å². The molecular weight excluding hydrogens is 553 g/mol. The number of unbranched alkanes of at least 4 members (excludes halogenated alkanes) is 12. The van der Waals surface area contributed by atoms with Crippen molar-refractivity contribution in [2.24, 2.45) is 5.73 Å². The van der Waals surface area contributed by atoms with E-state index in [-0.39, 0.29) is 32.3 Å². The van der Waals surface area contributed by atoms with E-state index in [0.29, 0.717) is 13.0 Å². The van der Waals surface area contributed by atoms with Gasteiger partial charge in [0.25, 0.3) is 0 Å². The Hall–Kier alpha value is -1.28. The first-order chi connectivity index (χ1) is 20.4. The summed E-state index contributed by atoms with van der Waals surface area (Å²) in [5.74, 6) is -0.345. The van der Waals surface area contributed by atoms with Crippen LogP contribution in [0.2, 0.25) is 0 Å². The third-order valence-corrected chi connectivity index (χ3v) is 7.56. The molecule has 0 aromatic rings. The summed E-state index contributed by atoms with van der Waals surface area (Å²) in [6.45, 7) is 4.71. The second-order valence-corrected chi connectivity index (χ2v) is 12.1. The van der Waals surface area contributed by atoms with Crippen LogP contribution in [0.15, 0.2) is 36.5 Å². The molecular formula is C33H62NO7P. The Morgan fingerprint density at radius 1 is 0.738 bits per heavy atom. The number of hydrogen-bond acceptors (Lipinski definition) is 7. The van der Waals surface area contributed by atoms with Gasteiger partial charge in [0.15, 0.2) is 0 Å². The van der Waals surface area contributed by atoms with Crippen molar-refractivity contribution in [3.8, 4) is 0 Å². The maximum absolute atomic E-state index is 12.4. The molecule has 0 fully saturated rings. The molecule has 0 spiro atoms. The monoisotopic (exact) mass is 615 g/mol. The van der Waals surface area contributed by atoms with Gasteiger partial charge in [-0.15, -0.1) is 0 Å². The molecule has 9 heteroatoms. The van der Waals surface area contributed by atoms with Crippen molar-refractivity contribution in [2.45, 2.75) is 136 Å². The van der Waals surface area contributed by atoms with E-state index in [4.69, 9.17) is 24.3 Å². The van der Waals surface area contributed by atoms with Gasteiger partial charge in [0.2, 0.25) is 0 Å². The van der Waals surface area contributed by atoms with E-state index >= 15 is 0 Å². The Morgan fingerprint density at radius 3 is 2.00 bits per heavy atom. The summed E-state index contributed by atoms with van der Waals surface area (Å²) in [5, 5.41) is 0. The predicted molar refractivity (Wildman–Crippen MR) is 173 cm³/mol. The van der Waals surface area contributed by atoms with Crippen LogP contribution in [0, 0.1) is 0 Å². The van der Waals surface area contributed by atoms with Crippen molar-refractivity contribution < 1.29 is 32.8 Å². The summed E-state index contributed by atoms with van der Waals surface area (Å²) in [5.41, 5.74) is 5.33. The highest BCUT2D eigenvalue weighted by atomic mass is 31.2. The average Bonchev–Trinajstić information content (AvgIpc) is 2.97. The summed E-state index contributed by atoms with van der Waals surface area (Å²) in [7, 11) is -4.27.